The van der Waals surface area contributed by atoms with Gasteiger partial charge in [0.25, 0.3) is 0 Å². The van der Waals surface area contributed by atoms with Gasteiger partial charge in [-0.15, -0.1) is 13.2 Å². The first kappa shape index (κ1) is 22.4. The number of hydrogen-bond acceptors (Lipinski definition) is 3. The predicted octanol–water partition coefficient (Wildman–Crippen LogP) is 4.87. The minimum atomic E-state index is -7.03. The molecule has 0 aromatic carbocycles. The maximum Gasteiger partial charge on any atom is 0.527 e. The van der Waals surface area contributed by atoms with Crippen LogP contribution in [-0.2, 0) is 14.2 Å². The highest BCUT2D eigenvalue weighted by Crippen LogP contribution is 2.49. The Morgan fingerprint density at radius 2 is 0.696 bits per heavy atom. The summed E-state index contributed by atoms with van der Waals surface area (Å²) < 4.78 is 163. The summed E-state index contributed by atoms with van der Waals surface area (Å²) in [5.74, 6) is 0. The van der Waals surface area contributed by atoms with Crippen molar-refractivity contribution in [3.63, 3.8) is 0 Å². The zero-order valence-electron chi connectivity index (χ0n) is 9.52. The highest BCUT2D eigenvalue weighted by Gasteiger charge is 2.74. The van der Waals surface area contributed by atoms with Gasteiger partial charge in [0.2, 0.25) is 0 Å². The molecule has 0 radical (unpaired) electrons. The Morgan fingerprint density at radius 3 is 0.957 bits per heavy atom. The summed E-state index contributed by atoms with van der Waals surface area (Å²) >= 11 is 0.932. The van der Waals surface area contributed by atoms with Crippen LogP contribution in [0.4, 0.5) is 57.1 Å². The molecule has 0 amide bonds. The van der Waals surface area contributed by atoms with Crippen molar-refractivity contribution in [2.45, 2.75) is 35.8 Å². The quantitative estimate of drug-likeness (QED) is 0.412. The average Bonchev–Trinajstić information content (AvgIpc) is 2.05. The average molecular weight is 447 g/mol. The Bertz CT molecular complexity index is 375. The Hall–Kier alpha value is -0.550. The topological polar surface area (TPSA) is 27.7 Å². The Morgan fingerprint density at radius 1 is 0.435 bits per heavy atom. The lowest BCUT2D eigenvalue weighted by atomic mass is 10.5. The number of hydrogen-bond donors (Lipinski definition) is 0. The minimum absolute atomic E-state index is 0.932. The highest BCUT2D eigenvalue weighted by molar-refractivity contribution is 9.09. The molecule has 0 aromatic rings. The van der Waals surface area contributed by atoms with Crippen LogP contribution in [0.15, 0.2) is 0 Å². The molecule has 17 heteroatoms. The molecule has 0 aliphatic rings. The molecule has 0 aliphatic heterocycles. The molecule has 0 aromatic heterocycles. The van der Waals surface area contributed by atoms with E-state index < -0.39 is 35.8 Å². The third-order valence-electron chi connectivity index (χ3n) is 1.42. The van der Waals surface area contributed by atoms with Crippen LogP contribution in [0.2, 0.25) is 0 Å². The van der Waals surface area contributed by atoms with Crippen LogP contribution in [0.1, 0.15) is 0 Å². The van der Waals surface area contributed by atoms with E-state index >= 15 is 0 Å². The van der Waals surface area contributed by atoms with Crippen molar-refractivity contribution in [1.29, 1.82) is 0 Å². The lowest BCUT2D eigenvalue weighted by Crippen LogP contribution is -2.56. The van der Waals surface area contributed by atoms with Crippen molar-refractivity contribution in [3.05, 3.63) is 0 Å². The molecule has 0 saturated heterocycles. The number of halogens is 14. The molecule has 0 saturated carbocycles. The lowest BCUT2D eigenvalue weighted by Gasteiger charge is -2.32. The summed E-state index contributed by atoms with van der Waals surface area (Å²) in [6.45, 7) is 0. The molecule has 0 bridgehead atoms. The van der Waals surface area contributed by atoms with Crippen LogP contribution < -0.4 is 0 Å². The number of alkyl halides is 14. The fraction of sp³-hybridized carbons (Fsp3) is 1.00. The van der Waals surface area contributed by atoms with E-state index in [0.29, 0.717) is 0 Å². The smallest absolute Gasteiger partial charge is 0.241 e. The van der Waals surface area contributed by atoms with Gasteiger partial charge in [0.1, 0.15) is 0 Å². The molecule has 0 heterocycles. The number of rotatable bonds is 7. The van der Waals surface area contributed by atoms with Gasteiger partial charge in [-0.05, 0) is 0 Å². The second kappa shape index (κ2) is 6.07. The SMILES string of the molecule is FC(F)(F)OC(F)(F)C(F)(F)OC(F)(F)C(F)(F)OC(F)(F)Br. The van der Waals surface area contributed by atoms with Crippen LogP contribution in [0.3, 0.4) is 0 Å². The largest absolute Gasteiger partial charge is 0.527 e. The van der Waals surface area contributed by atoms with Gasteiger partial charge in [0.05, 0.1) is 0 Å². The molecule has 0 N–H and O–H groups in total. The molecular weight excluding hydrogens is 447 g/mol. The van der Waals surface area contributed by atoms with Gasteiger partial charge in [-0.25, -0.2) is 14.2 Å². The Balaban J connectivity index is 5.41. The van der Waals surface area contributed by atoms with Crippen molar-refractivity contribution in [3.8, 4) is 0 Å². The second-order valence-corrected chi connectivity index (χ2v) is 4.19. The van der Waals surface area contributed by atoms with Gasteiger partial charge in [-0.3, -0.25) is 0 Å². The zero-order valence-corrected chi connectivity index (χ0v) is 11.1. The molecule has 0 atom stereocenters. The standard InChI is InChI=1S/C6BrF13O3/c7-5(16,17)22-3(12,13)1(8,9)21-2(10,11)4(14,15)23-6(18,19)20. The first-order valence-electron chi connectivity index (χ1n) is 4.37. The van der Waals surface area contributed by atoms with E-state index in [1.807, 2.05) is 4.74 Å². The van der Waals surface area contributed by atoms with Crippen LogP contribution in [0.5, 0.6) is 0 Å². The maximum atomic E-state index is 12.6. The monoisotopic (exact) mass is 446 g/mol. The van der Waals surface area contributed by atoms with Crippen LogP contribution in [0, 0.1) is 0 Å². The zero-order chi connectivity index (χ0) is 19.1. The van der Waals surface area contributed by atoms with Crippen molar-refractivity contribution in [2.75, 3.05) is 0 Å². The fourth-order valence-corrected chi connectivity index (χ4v) is 0.893. The van der Waals surface area contributed by atoms with E-state index in [-0.39, 0.29) is 0 Å². The van der Waals surface area contributed by atoms with Crippen molar-refractivity contribution >= 4 is 15.9 Å². The van der Waals surface area contributed by atoms with Crippen LogP contribution in [0.25, 0.3) is 0 Å². The van der Waals surface area contributed by atoms with E-state index in [4.69, 9.17) is 0 Å². The molecule has 0 spiro atoms. The normalized spacial score (nSPS) is 15.9. The summed E-state index contributed by atoms with van der Waals surface area (Å²) in [6, 6.07) is 0. The van der Waals surface area contributed by atoms with E-state index in [0.717, 1.165) is 15.9 Å². The van der Waals surface area contributed by atoms with Gasteiger partial charge >= 0.3 is 35.8 Å². The summed E-state index contributed by atoms with van der Waals surface area (Å²) in [5.41, 5.74) is 0. The molecule has 140 valence electrons. The Kier molecular flexibility index (Phi) is 5.92. The van der Waals surface area contributed by atoms with E-state index in [9.17, 15) is 57.1 Å². The molecule has 0 unspecified atom stereocenters. The molecule has 23 heavy (non-hydrogen) atoms. The summed E-state index contributed by atoms with van der Waals surface area (Å²) in [6.07, 6.45) is -34.1. The molecule has 0 fully saturated rings. The van der Waals surface area contributed by atoms with E-state index in [2.05, 4.69) is 0 Å². The second-order valence-electron chi connectivity index (χ2n) is 3.26. The first-order chi connectivity index (χ1) is 9.62. The Labute approximate surface area is 124 Å². The van der Waals surface area contributed by atoms with Crippen molar-refractivity contribution in [2.24, 2.45) is 0 Å². The van der Waals surface area contributed by atoms with Gasteiger partial charge < -0.3 is 0 Å². The molecule has 0 rings (SSSR count). The van der Waals surface area contributed by atoms with E-state index in [1.54, 1.807) is 4.74 Å². The molecule has 3 nitrogen and oxygen atoms in total. The maximum absolute atomic E-state index is 12.6. The summed E-state index contributed by atoms with van der Waals surface area (Å²) in [4.78, 5) is 0. The summed E-state index contributed by atoms with van der Waals surface area (Å²) in [7, 11) is 0. The first-order valence-corrected chi connectivity index (χ1v) is 5.16. The van der Waals surface area contributed by atoms with Crippen LogP contribution in [-0.4, -0.2) is 35.8 Å². The van der Waals surface area contributed by atoms with Gasteiger partial charge in [0.15, 0.2) is 0 Å². The van der Waals surface area contributed by atoms with Crippen molar-refractivity contribution < 1.29 is 71.3 Å². The molecule has 0 aliphatic carbocycles. The van der Waals surface area contributed by atoms with Crippen molar-refractivity contribution in [1.82, 2.24) is 0 Å². The predicted molar refractivity (Wildman–Crippen MR) is 43.0 cm³/mol. The number of ether oxygens (including phenoxy) is 3. The third-order valence-corrected chi connectivity index (χ3v) is 1.58. The fourth-order valence-electron chi connectivity index (χ4n) is 0.689. The van der Waals surface area contributed by atoms with Crippen LogP contribution >= 0.6 is 15.9 Å². The van der Waals surface area contributed by atoms with Gasteiger partial charge in [-0.2, -0.15) is 43.9 Å². The summed E-state index contributed by atoms with van der Waals surface area (Å²) in [5, 5.41) is -5.26. The highest BCUT2D eigenvalue weighted by atomic mass is 79.9. The van der Waals surface area contributed by atoms with E-state index in [1.165, 1.54) is 4.74 Å². The minimum Gasteiger partial charge on any atom is -0.241 e. The van der Waals surface area contributed by atoms with Gasteiger partial charge in [-0.1, -0.05) is 0 Å². The van der Waals surface area contributed by atoms with Gasteiger partial charge in [0, 0.05) is 15.9 Å². The lowest BCUT2D eigenvalue weighted by molar-refractivity contribution is -0.560. The molecular formula is C6BrF13O3. The third kappa shape index (κ3) is 6.46.